The fraction of sp³-hybridized carbons (Fsp3) is 0.429. The molecule has 1 aromatic heterocycles. The van der Waals surface area contributed by atoms with Crippen LogP contribution in [0.5, 0.6) is 0 Å². The minimum Gasteiger partial charge on any atom is -0.259 e. The van der Waals surface area contributed by atoms with E-state index in [4.69, 9.17) is 11.6 Å². The first-order valence-electron chi connectivity index (χ1n) is 3.17. The summed E-state index contributed by atoms with van der Waals surface area (Å²) in [6.45, 7) is 2.82. The molecule has 1 heterocycles. The van der Waals surface area contributed by atoms with E-state index in [-0.39, 0.29) is 10.8 Å². The van der Waals surface area contributed by atoms with Crippen LogP contribution in [0.3, 0.4) is 0 Å². The van der Waals surface area contributed by atoms with E-state index in [1.54, 1.807) is 0 Å². The molecule has 0 radical (unpaired) electrons. The lowest BCUT2D eigenvalue weighted by Crippen LogP contribution is -2.11. The maximum atomic E-state index is 13.1. The van der Waals surface area contributed by atoms with Crippen molar-refractivity contribution >= 4 is 11.6 Å². The van der Waals surface area contributed by atoms with E-state index in [1.807, 2.05) is 0 Å². The lowest BCUT2D eigenvalue weighted by Gasteiger charge is -2.11. The van der Waals surface area contributed by atoms with Gasteiger partial charge in [0.2, 0.25) is 0 Å². The van der Waals surface area contributed by atoms with Gasteiger partial charge in [-0.25, -0.2) is 9.37 Å². The Bertz CT molecular complexity index is 257. The first-order chi connectivity index (χ1) is 5.00. The van der Waals surface area contributed by atoms with Crippen LogP contribution in [0.15, 0.2) is 12.4 Å². The standard InChI is InChI=1S/C7H8ClFN2/c1-7(2,9)5-3-10-4-6(8)11-5/h3-4H,1-2H3. The lowest BCUT2D eigenvalue weighted by molar-refractivity contribution is 0.213. The lowest BCUT2D eigenvalue weighted by atomic mass is 10.1. The summed E-state index contributed by atoms with van der Waals surface area (Å²) in [5, 5.41) is 0.216. The average Bonchev–Trinajstić information content (AvgIpc) is 1.86. The van der Waals surface area contributed by atoms with Gasteiger partial charge in [0.05, 0.1) is 18.1 Å². The second-order valence-electron chi connectivity index (χ2n) is 2.70. The second-order valence-corrected chi connectivity index (χ2v) is 3.09. The smallest absolute Gasteiger partial charge is 0.148 e. The summed E-state index contributed by atoms with van der Waals surface area (Å²) in [4.78, 5) is 7.49. The molecule has 0 bridgehead atoms. The molecule has 0 fully saturated rings. The molecule has 0 aliphatic carbocycles. The van der Waals surface area contributed by atoms with Crippen LogP contribution in [0, 0.1) is 0 Å². The maximum absolute atomic E-state index is 13.1. The van der Waals surface area contributed by atoms with Gasteiger partial charge < -0.3 is 0 Å². The third-order valence-electron chi connectivity index (χ3n) is 1.21. The van der Waals surface area contributed by atoms with Gasteiger partial charge in [0, 0.05) is 0 Å². The van der Waals surface area contributed by atoms with E-state index >= 15 is 0 Å². The van der Waals surface area contributed by atoms with E-state index in [9.17, 15) is 4.39 Å². The first-order valence-corrected chi connectivity index (χ1v) is 3.55. The van der Waals surface area contributed by atoms with Crippen molar-refractivity contribution < 1.29 is 4.39 Å². The highest BCUT2D eigenvalue weighted by atomic mass is 35.5. The Morgan fingerprint density at radius 1 is 1.45 bits per heavy atom. The fourth-order valence-electron chi connectivity index (χ4n) is 0.629. The van der Waals surface area contributed by atoms with Crippen molar-refractivity contribution in [2.24, 2.45) is 0 Å². The van der Waals surface area contributed by atoms with Crippen LogP contribution in [0.2, 0.25) is 5.15 Å². The Morgan fingerprint density at radius 2 is 2.09 bits per heavy atom. The van der Waals surface area contributed by atoms with Crippen molar-refractivity contribution in [1.29, 1.82) is 0 Å². The van der Waals surface area contributed by atoms with Crippen LogP contribution < -0.4 is 0 Å². The van der Waals surface area contributed by atoms with Gasteiger partial charge in [-0.3, -0.25) is 4.98 Å². The van der Waals surface area contributed by atoms with Crippen molar-refractivity contribution in [2.75, 3.05) is 0 Å². The van der Waals surface area contributed by atoms with Crippen molar-refractivity contribution in [3.8, 4) is 0 Å². The van der Waals surface area contributed by atoms with E-state index in [0.29, 0.717) is 0 Å². The van der Waals surface area contributed by atoms with E-state index in [0.717, 1.165) is 0 Å². The summed E-state index contributed by atoms with van der Waals surface area (Å²) in [5.41, 5.74) is -1.22. The molecule has 0 saturated carbocycles. The molecule has 2 nitrogen and oxygen atoms in total. The molecular formula is C7H8ClFN2. The molecule has 11 heavy (non-hydrogen) atoms. The summed E-state index contributed by atoms with van der Waals surface area (Å²) in [5.74, 6) is 0. The Kier molecular flexibility index (Phi) is 2.09. The highest BCUT2D eigenvalue weighted by molar-refractivity contribution is 6.29. The minimum absolute atomic E-state index is 0.216. The molecule has 0 amide bonds. The predicted molar refractivity (Wildman–Crippen MR) is 41.2 cm³/mol. The Hall–Kier alpha value is -0.700. The fourth-order valence-corrected chi connectivity index (χ4v) is 0.776. The predicted octanol–water partition coefficient (Wildman–Crippen LogP) is 2.33. The Balaban J connectivity index is 3.06. The van der Waals surface area contributed by atoms with Crippen molar-refractivity contribution in [3.63, 3.8) is 0 Å². The molecule has 0 aromatic carbocycles. The van der Waals surface area contributed by atoms with Crippen LogP contribution in [0.25, 0.3) is 0 Å². The van der Waals surface area contributed by atoms with Gasteiger partial charge in [0.1, 0.15) is 10.8 Å². The maximum Gasteiger partial charge on any atom is 0.148 e. The summed E-state index contributed by atoms with van der Waals surface area (Å²) in [6, 6.07) is 0. The molecule has 0 atom stereocenters. The molecular weight excluding hydrogens is 167 g/mol. The number of aromatic nitrogens is 2. The van der Waals surface area contributed by atoms with Gasteiger partial charge in [-0.2, -0.15) is 0 Å². The first kappa shape index (κ1) is 8.40. The summed E-state index contributed by atoms with van der Waals surface area (Å²) in [6.07, 6.45) is 2.74. The summed E-state index contributed by atoms with van der Waals surface area (Å²) < 4.78 is 13.1. The normalized spacial score (nSPS) is 11.6. The molecule has 4 heteroatoms. The third-order valence-corrected chi connectivity index (χ3v) is 1.40. The monoisotopic (exact) mass is 174 g/mol. The van der Waals surface area contributed by atoms with Gasteiger partial charge in [-0.15, -0.1) is 0 Å². The van der Waals surface area contributed by atoms with Crippen molar-refractivity contribution in [3.05, 3.63) is 23.2 Å². The van der Waals surface area contributed by atoms with Gasteiger partial charge in [0.25, 0.3) is 0 Å². The summed E-state index contributed by atoms with van der Waals surface area (Å²) >= 11 is 5.51. The number of nitrogens with zero attached hydrogens (tertiary/aromatic N) is 2. The molecule has 60 valence electrons. The van der Waals surface area contributed by atoms with Crippen LogP contribution in [-0.4, -0.2) is 9.97 Å². The minimum atomic E-state index is -1.47. The van der Waals surface area contributed by atoms with Gasteiger partial charge in [-0.1, -0.05) is 11.6 Å². The number of hydrogen-bond donors (Lipinski definition) is 0. The highest BCUT2D eigenvalue weighted by Crippen LogP contribution is 2.22. The SMILES string of the molecule is CC(C)(F)c1cncc(Cl)n1. The van der Waals surface area contributed by atoms with Crippen LogP contribution in [0.1, 0.15) is 19.5 Å². The molecule has 1 rings (SSSR count). The largest absolute Gasteiger partial charge is 0.259 e. The van der Waals surface area contributed by atoms with Gasteiger partial charge in [0.15, 0.2) is 0 Å². The highest BCUT2D eigenvalue weighted by Gasteiger charge is 2.20. The number of halogens is 2. The Labute approximate surface area is 69.4 Å². The molecule has 0 spiro atoms. The summed E-state index contributed by atoms with van der Waals surface area (Å²) in [7, 11) is 0. The number of rotatable bonds is 1. The van der Waals surface area contributed by atoms with Crippen LogP contribution in [-0.2, 0) is 5.67 Å². The number of alkyl halides is 1. The molecule has 0 saturated heterocycles. The third kappa shape index (κ3) is 2.12. The van der Waals surface area contributed by atoms with E-state index in [2.05, 4.69) is 9.97 Å². The van der Waals surface area contributed by atoms with Crippen LogP contribution >= 0.6 is 11.6 Å². The molecule has 0 aliphatic rings. The van der Waals surface area contributed by atoms with Gasteiger partial charge >= 0.3 is 0 Å². The zero-order valence-electron chi connectivity index (χ0n) is 6.31. The molecule has 0 N–H and O–H groups in total. The topological polar surface area (TPSA) is 25.8 Å². The van der Waals surface area contributed by atoms with Gasteiger partial charge in [-0.05, 0) is 13.8 Å². The zero-order valence-corrected chi connectivity index (χ0v) is 7.06. The van der Waals surface area contributed by atoms with E-state index < -0.39 is 5.67 Å². The zero-order chi connectivity index (χ0) is 8.48. The second kappa shape index (κ2) is 2.74. The average molecular weight is 175 g/mol. The molecule has 0 unspecified atom stereocenters. The molecule has 0 aliphatic heterocycles. The van der Waals surface area contributed by atoms with E-state index in [1.165, 1.54) is 26.2 Å². The van der Waals surface area contributed by atoms with Crippen LogP contribution in [0.4, 0.5) is 4.39 Å². The number of hydrogen-bond acceptors (Lipinski definition) is 2. The quantitative estimate of drug-likeness (QED) is 0.653. The molecule has 1 aromatic rings. The Morgan fingerprint density at radius 3 is 2.45 bits per heavy atom. The van der Waals surface area contributed by atoms with Crippen molar-refractivity contribution in [2.45, 2.75) is 19.5 Å². The van der Waals surface area contributed by atoms with Crippen molar-refractivity contribution in [1.82, 2.24) is 9.97 Å².